The SMILES string of the molecule is Cc1[nH]cnc1C(=O)N1CCC2(CC1)CC(c1ccccc1)CN(C)C2. The molecule has 2 saturated heterocycles. The number of likely N-dealkylation sites (N-methyl/N-ethyl adjacent to an activating group) is 1. The number of H-pyrrole nitrogens is 1. The molecule has 1 amide bonds. The molecule has 3 heterocycles. The molecule has 1 N–H and O–H groups in total. The van der Waals surface area contributed by atoms with Gasteiger partial charge in [-0.25, -0.2) is 4.98 Å². The molecule has 2 aromatic rings. The fraction of sp³-hybridized carbons (Fsp3) is 0.524. The number of carbonyl (C=O) groups excluding carboxylic acids is 1. The van der Waals surface area contributed by atoms with Gasteiger partial charge in [-0.2, -0.15) is 0 Å². The van der Waals surface area contributed by atoms with Gasteiger partial charge in [0.2, 0.25) is 0 Å². The summed E-state index contributed by atoms with van der Waals surface area (Å²) >= 11 is 0. The van der Waals surface area contributed by atoms with Crippen LogP contribution in [0, 0.1) is 12.3 Å². The van der Waals surface area contributed by atoms with E-state index in [1.165, 1.54) is 12.0 Å². The second-order valence-corrected chi connectivity index (χ2v) is 8.18. The van der Waals surface area contributed by atoms with Gasteiger partial charge >= 0.3 is 0 Å². The zero-order chi connectivity index (χ0) is 18.1. The van der Waals surface area contributed by atoms with E-state index in [0.29, 0.717) is 17.0 Å². The summed E-state index contributed by atoms with van der Waals surface area (Å²) in [4.78, 5) is 24.4. The molecule has 0 bridgehead atoms. The molecule has 1 unspecified atom stereocenters. The van der Waals surface area contributed by atoms with E-state index in [4.69, 9.17) is 0 Å². The van der Waals surface area contributed by atoms with Crippen LogP contribution in [-0.2, 0) is 0 Å². The van der Waals surface area contributed by atoms with Crippen LogP contribution in [0.25, 0.3) is 0 Å². The van der Waals surface area contributed by atoms with E-state index in [9.17, 15) is 4.79 Å². The van der Waals surface area contributed by atoms with Crippen LogP contribution in [0.2, 0.25) is 0 Å². The van der Waals surface area contributed by atoms with Crippen molar-refractivity contribution >= 4 is 5.91 Å². The van der Waals surface area contributed by atoms with Crippen molar-refractivity contribution in [3.63, 3.8) is 0 Å². The molecular formula is C21H28N4O. The number of nitrogens with zero attached hydrogens (tertiary/aromatic N) is 3. The smallest absolute Gasteiger partial charge is 0.274 e. The summed E-state index contributed by atoms with van der Waals surface area (Å²) in [7, 11) is 2.24. The number of hydrogen-bond acceptors (Lipinski definition) is 3. The summed E-state index contributed by atoms with van der Waals surface area (Å²) in [5.41, 5.74) is 3.20. The third-order valence-electron chi connectivity index (χ3n) is 6.23. The fourth-order valence-electron chi connectivity index (χ4n) is 4.88. The number of aromatic nitrogens is 2. The summed E-state index contributed by atoms with van der Waals surface area (Å²) < 4.78 is 0. The van der Waals surface area contributed by atoms with Crippen LogP contribution in [-0.4, -0.2) is 58.9 Å². The maximum atomic E-state index is 12.7. The number of aryl methyl sites for hydroxylation is 1. The molecule has 0 saturated carbocycles. The summed E-state index contributed by atoms with van der Waals surface area (Å²) in [6.07, 6.45) is 4.99. The second-order valence-electron chi connectivity index (χ2n) is 8.18. The Bertz CT molecular complexity index is 761. The second kappa shape index (κ2) is 6.88. The quantitative estimate of drug-likeness (QED) is 0.904. The Kier molecular flexibility index (Phi) is 4.57. The number of carbonyl (C=O) groups is 1. The molecule has 5 nitrogen and oxygen atoms in total. The molecule has 2 fully saturated rings. The minimum absolute atomic E-state index is 0.0716. The molecule has 5 heteroatoms. The van der Waals surface area contributed by atoms with E-state index < -0.39 is 0 Å². The van der Waals surface area contributed by atoms with E-state index in [2.05, 4.69) is 52.2 Å². The van der Waals surface area contributed by atoms with E-state index >= 15 is 0 Å². The minimum atomic E-state index is 0.0716. The lowest BCUT2D eigenvalue weighted by Crippen LogP contribution is -2.51. The van der Waals surface area contributed by atoms with Gasteiger partial charge in [0.05, 0.1) is 6.33 Å². The average molecular weight is 352 g/mol. The Balaban J connectivity index is 1.45. The third-order valence-corrected chi connectivity index (χ3v) is 6.23. The Morgan fingerprint density at radius 2 is 1.96 bits per heavy atom. The van der Waals surface area contributed by atoms with Crippen molar-refractivity contribution in [3.8, 4) is 0 Å². The highest BCUT2D eigenvalue weighted by atomic mass is 16.2. The molecule has 1 aromatic heterocycles. The topological polar surface area (TPSA) is 52.2 Å². The maximum absolute atomic E-state index is 12.7. The van der Waals surface area contributed by atoms with Crippen LogP contribution in [0.1, 0.15) is 46.9 Å². The standard InChI is InChI=1S/C21H28N4O/c1-16-19(23-15-22-16)20(26)25-10-8-21(9-11-25)12-18(13-24(2)14-21)17-6-4-3-5-7-17/h3-7,15,18H,8-14H2,1-2H3,(H,22,23). The number of benzene rings is 1. The van der Waals surface area contributed by atoms with Gasteiger partial charge in [0.15, 0.2) is 0 Å². The first-order valence-electron chi connectivity index (χ1n) is 9.59. The first-order valence-corrected chi connectivity index (χ1v) is 9.59. The lowest BCUT2D eigenvalue weighted by molar-refractivity contribution is 0.0222. The van der Waals surface area contributed by atoms with E-state index in [-0.39, 0.29) is 5.91 Å². The summed E-state index contributed by atoms with van der Waals surface area (Å²) in [6, 6.07) is 10.9. The van der Waals surface area contributed by atoms with Crippen LogP contribution >= 0.6 is 0 Å². The van der Waals surface area contributed by atoms with Crippen LogP contribution in [0.5, 0.6) is 0 Å². The lowest BCUT2D eigenvalue weighted by Gasteiger charge is -2.49. The van der Waals surface area contributed by atoms with Gasteiger partial charge in [-0.3, -0.25) is 4.79 Å². The summed E-state index contributed by atoms with van der Waals surface area (Å²) in [5.74, 6) is 0.660. The highest BCUT2D eigenvalue weighted by molar-refractivity contribution is 5.93. The molecule has 1 atom stereocenters. The van der Waals surface area contributed by atoms with Gasteiger partial charge in [0.1, 0.15) is 5.69 Å². The van der Waals surface area contributed by atoms with Crippen LogP contribution in [0.15, 0.2) is 36.7 Å². The van der Waals surface area contributed by atoms with Crippen LogP contribution in [0.4, 0.5) is 0 Å². The first kappa shape index (κ1) is 17.3. The zero-order valence-electron chi connectivity index (χ0n) is 15.7. The maximum Gasteiger partial charge on any atom is 0.274 e. The molecule has 2 aliphatic heterocycles. The lowest BCUT2D eigenvalue weighted by atomic mass is 9.68. The Morgan fingerprint density at radius 3 is 2.62 bits per heavy atom. The normalized spacial score (nSPS) is 23.3. The highest BCUT2D eigenvalue weighted by Crippen LogP contribution is 2.44. The molecule has 26 heavy (non-hydrogen) atoms. The largest absolute Gasteiger partial charge is 0.348 e. The summed E-state index contributed by atoms with van der Waals surface area (Å²) in [6.45, 7) is 5.84. The molecule has 1 spiro atoms. The number of hydrogen-bond donors (Lipinski definition) is 1. The number of imidazole rings is 1. The van der Waals surface area contributed by atoms with Gasteiger partial charge in [-0.05, 0) is 50.1 Å². The number of rotatable bonds is 2. The molecule has 0 aliphatic carbocycles. The third kappa shape index (κ3) is 3.28. The van der Waals surface area contributed by atoms with E-state index in [0.717, 1.165) is 44.7 Å². The van der Waals surface area contributed by atoms with Crippen molar-refractivity contribution in [2.45, 2.75) is 32.1 Å². The van der Waals surface area contributed by atoms with Crippen LogP contribution < -0.4 is 0 Å². The Morgan fingerprint density at radius 1 is 1.23 bits per heavy atom. The molecular weight excluding hydrogens is 324 g/mol. The minimum Gasteiger partial charge on any atom is -0.348 e. The number of piperidine rings is 2. The van der Waals surface area contributed by atoms with Gasteiger partial charge in [0.25, 0.3) is 5.91 Å². The van der Waals surface area contributed by atoms with Gasteiger partial charge < -0.3 is 14.8 Å². The number of likely N-dealkylation sites (tertiary alicyclic amines) is 2. The van der Waals surface area contributed by atoms with Gasteiger partial charge in [0, 0.05) is 31.9 Å². The van der Waals surface area contributed by atoms with Crippen molar-refractivity contribution in [3.05, 3.63) is 53.6 Å². The Labute approximate surface area is 155 Å². The van der Waals surface area contributed by atoms with Crippen molar-refractivity contribution in [1.29, 1.82) is 0 Å². The predicted molar refractivity (Wildman–Crippen MR) is 102 cm³/mol. The van der Waals surface area contributed by atoms with Crippen LogP contribution in [0.3, 0.4) is 0 Å². The van der Waals surface area contributed by atoms with Gasteiger partial charge in [-0.1, -0.05) is 30.3 Å². The van der Waals surface area contributed by atoms with E-state index in [1.807, 2.05) is 11.8 Å². The number of aromatic amines is 1. The Hall–Kier alpha value is -2.14. The fourth-order valence-corrected chi connectivity index (χ4v) is 4.88. The van der Waals surface area contributed by atoms with E-state index in [1.54, 1.807) is 6.33 Å². The number of amides is 1. The van der Waals surface area contributed by atoms with Crippen molar-refractivity contribution in [2.24, 2.45) is 5.41 Å². The molecule has 0 radical (unpaired) electrons. The molecule has 138 valence electrons. The zero-order valence-corrected chi connectivity index (χ0v) is 15.7. The van der Waals surface area contributed by atoms with Crippen molar-refractivity contribution in [2.75, 3.05) is 33.2 Å². The van der Waals surface area contributed by atoms with Crippen molar-refractivity contribution in [1.82, 2.24) is 19.8 Å². The molecule has 4 rings (SSSR count). The molecule has 2 aliphatic rings. The summed E-state index contributed by atoms with van der Waals surface area (Å²) in [5, 5.41) is 0. The van der Waals surface area contributed by atoms with Gasteiger partial charge in [-0.15, -0.1) is 0 Å². The predicted octanol–water partition coefficient (Wildman–Crippen LogP) is 3.06. The molecule has 1 aromatic carbocycles. The highest BCUT2D eigenvalue weighted by Gasteiger charge is 2.42. The number of nitrogens with one attached hydrogen (secondary N) is 1. The first-order chi connectivity index (χ1) is 12.6. The monoisotopic (exact) mass is 352 g/mol. The average Bonchev–Trinajstić information content (AvgIpc) is 3.08. The van der Waals surface area contributed by atoms with Crippen molar-refractivity contribution < 1.29 is 4.79 Å².